The molecule has 28 heavy (non-hydrogen) atoms. The second-order valence-corrected chi connectivity index (χ2v) is 8.53. The Bertz CT molecular complexity index is 1270. The second kappa shape index (κ2) is 6.20. The van der Waals surface area contributed by atoms with E-state index >= 15 is 0 Å². The Labute approximate surface area is 161 Å². The minimum atomic E-state index is -3.47. The number of nitrogens with one attached hydrogen (secondary N) is 2. The van der Waals surface area contributed by atoms with E-state index in [1.807, 2.05) is 39.8 Å². The number of anilines is 1. The van der Waals surface area contributed by atoms with E-state index in [2.05, 4.69) is 25.0 Å². The van der Waals surface area contributed by atoms with E-state index in [-0.39, 0.29) is 5.95 Å². The summed E-state index contributed by atoms with van der Waals surface area (Å²) < 4.78 is 36.3. The molecular formula is C18H19N5O4S. The highest BCUT2D eigenvalue weighted by Gasteiger charge is 2.21. The van der Waals surface area contributed by atoms with E-state index in [1.165, 1.54) is 0 Å². The number of rotatable bonds is 4. The molecule has 2 N–H and O–H groups in total. The Morgan fingerprint density at radius 2 is 1.57 bits per heavy atom. The number of aromatic nitrogens is 4. The van der Waals surface area contributed by atoms with Crippen LogP contribution in [0.25, 0.3) is 33.3 Å². The van der Waals surface area contributed by atoms with Gasteiger partial charge in [0, 0.05) is 16.7 Å². The normalized spacial score (nSPS) is 12.0. The highest BCUT2D eigenvalue weighted by molar-refractivity contribution is 7.92. The molecule has 4 aromatic rings. The van der Waals surface area contributed by atoms with Gasteiger partial charge in [0.2, 0.25) is 16.0 Å². The van der Waals surface area contributed by atoms with Gasteiger partial charge in [-0.3, -0.25) is 4.72 Å². The van der Waals surface area contributed by atoms with Gasteiger partial charge in [-0.25, -0.2) is 13.4 Å². The highest BCUT2D eigenvalue weighted by atomic mass is 32.2. The number of benzene rings is 1. The lowest BCUT2D eigenvalue weighted by Crippen LogP contribution is -2.10. The average Bonchev–Trinajstić information content (AvgIpc) is 3.23. The molecule has 0 fully saturated rings. The van der Waals surface area contributed by atoms with E-state index in [4.69, 9.17) is 9.05 Å². The number of aromatic amines is 1. The molecule has 0 bridgehead atoms. The van der Waals surface area contributed by atoms with Gasteiger partial charge in [-0.05, 0) is 45.4 Å². The molecule has 10 heteroatoms. The van der Waals surface area contributed by atoms with Gasteiger partial charge in [0.25, 0.3) is 0 Å². The summed E-state index contributed by atoms with van der Waals surface area (Å²) >= 11 is 0. The van der Waals surface area contributed by atoms with Crippen LogP contribution in [0, 0.1) is 27.7 Å². The van der Waals surface area contributed by atoms with Crippen molar-refractivity contribution in [3.8, 4) is 22.3 Å². The van der Waals surface area contributed by atoms with Crippen molar-refractivity contribution in [2.24, 2.45) is 0 Å². The summed E-state index contributed by atoms with van der Waals surface area (Å²) in [5.41, 5.74) is 6.09. The van der Waals surface area contributed by atoms with Gasteiger partial charge in [0.1, 0.15) is 11.5 Å². The van der Waals surface area contributed by atoms with Gasteiger partial charge in [-0.15, -0.1) is 0 Å². The largest absolute Gasteiger partial charge is 0.361 e. The van der Waals surface area contributed by atoms with Crippen LogP contribution in [0.3, 0.4) is 0 Å². The van der Waals surface area contributed by atoms with Crippen molar-refractivity contribution < 1.29 is 17.5 Å². The predicted molar refractivity (Wildman–Crippen MR) is 105 cm³/mol. The SMILES string of the molecule is Cc1noc(C)c1-c1cc(-c2c(C)noc2C)c2nc(NS(C)(=O)=O)[nH]c2c1. The molecule has 3 aromatic heterocycles. The molecule has 9 nitrogen and oxygen atoms in total. The maximum atomic E-state index is 11.6. The average molecular weight is 401 g/mol. The first-order valence-electron chi connectivity index (χ1n) is 8.52. The van der Waals surface area contributed by atoms with Crippen molar-refractivity contribution in [1.82, 2.24) is 20.3 Å². The molecule has 0 unspecified atom stereocenters. The van der Waals surface area contributed by atoms with Crippen LogP contribution in [0.2, 0.25) is 0 Å². The molecule has 0 aliphatic heterocycles. The summed E-state index contributed by atoms with van der Waals surface area (Å²) in [5, 5.41) is 8.07. The van der Waals surface area contributed by atoms with Crippen molar-refractivity contribution in [3.63, 3.8) is 0 Å². The van der Waals surface area contributed by atoms with E-state index in [0.717, 1.165) is 39.9 Å². The minimum Gasteiger partial charge on any atom is -0.361 e. The van der Waals surface area contributed by atoms with Crippen LogP contribution < -0.4 is 4.72 Å². The monoisotopic (exact) mass is 401 g/mol. The summed E-state index contributed by atoms with van der Waals surface area (Å²) in [6.07, 6.45) is 1.07. The summed E-state index contributed by atoms with van der Waals surface area (Å²) in [6, 6.07) is 3.86. The third kappa shape index (κ3) is 3.05. The summed E-state index contributed by atoms with van der Waals surface area (Å²) in [7, 11) is -3.47. The lowest BCUT2D eigenvalue weighted by molar-refractivity contribution is 0.393. The first kappa shape index (κ1) is 18.2. The van der Waals surface area contributed by atoms with Gasteiger partial charge >= 0.3 is 0 Å². The number of imidazole rings is 1. The van der Waals surface area contributed by atoms with E-state index in [0.29, 0.717) is 22.6 Å². The molecule has 0 saturated carbocycles. The fourth-order valence-corrected chi connectivity index (χ4v) is 3.89. The summed E-state index contributed by atoms with van der Waals surface area (Å²) in [5.74, 6) is 1.48. The van der Waals surface area contributed by atoms with Crippen LogP contribution in [-0.2, 0) is 10.0 Å². The standard InChI is InChI=1S/C18H19N5O4S/c1-8-15(10(3)26-21-8)12-6-13(16-9(2)22-27-11(16)4)17-14(7-12)19-18(20-17)23-28(5,24)25/h6-7H,1-5H3,(H2,19,20,23). The Kier molecular flexibility index (Phi) is 4.03. The zero-order valence-electron chi connectivity index (χ0n) is 16.0. The van der Waals surface area contributed by atoms with Crippen molar-refractivity contribution in [1.29, 1.82) is 0 Å². The van der Waals surface area contributed by atoms with Gasteiger partial charge in [-0.1, -0.05) is 10.3 Å². The number of H-pyrrole nitrogens is 1. The fraction of sp³-hybridized carbons (Fsp3) is 0.278. The molecule has 0 aliphatic carbocycles. The molecule has 0 amide bonds. The van der Waals surface area contributed by atoms with Crippen LogP contribution in [0.4, 0.5) is 5.95 Å². The quantitative estimate of drug-likeness (QED) is 0.536. The molecule has 0 radical (unpaired) electrons. The molecule has 4 rings (SSSR count). The lowest BCUT2D eigenvalue weighted by atomic mass is 9.96. The van der Waals surface area contributed by atoms with E-state index in [9.17, 15) is 8.42 Å². The third-order valence-corrected chi connectivity index (χ3v) is 5.06. The van der Waals surface area contributed by atoms with Gasteiger partial charge in [-0.2, -0.15) is 0 Å². The van der Waals surface area contributed by atoms with Crippen molar-refractivity contribution >= 4 is 27.0 Å². The zero-order valence-corrected chi connectivity index (χ0v) is 16.9. The van der Waals surface area contributed by atoms with Crippen LogP contribution in [0.1, 0.15) is 22.9 Å². The number of fused-ring (bicyclic) bond motifs is 1. The van der Waals surface area contributed by atoms with Gasteiger partial charge < -0.3 is 14.0 Å². The van der Waals surface area contributed by atoms with Crippen LogP contribution in [0.5, 0.6) is 0 Å². The maximum Gasteiger partial charge on any atom is 0.232 e. The summed E-state index contributed by atoms with van der Waals surface area (Å²) in [4.78, 5) is 7.48. The predicted octanol–water partition coefficient (Wildman–Crippen LogP) is 3.48. The van der Waals surface area contributed by atoms with Crippen LogP contribution in [-0.4, -0.2) is 35.0 Å². The molecule has 1 aromatic carbocycles. The molecule has 3 heterocycles. The maximum absolute atomic E-state index is 11.6. The van der Waals surface area contributed by atoms with Gasteiger partial charge in [0.05, 0.1) is 28.7 Å². The first-order chi connectivity index (χ1) is 13.1. The number of hydrogen-bond acceptors (Lipinski definition) is 7. The molecule has 0 spiro atoms. The molecular weight excluding hydrogens is 382 g/mol. The molecule has 0 saturated heterocycles. The Balaban J connectivity index is 2.04. The second-order valence-electron chi connectivity index (χ2n) is 6.78. The molecule has 146 valence electrons. The Morgan fingerprint density at radius 1 is 0.964 bits per heavy atom. The topological polar surface area (TPSA) is 127 Å². The van der Waals surface area contributed by atoms with E-state index < -0.39 is 10.0 Å². The third-order valence-electron chi connectivity index (χ3n) is 4.49. The Morgan fingerprint density at radius 3 is 2.11 bits per heavy atom. The number of aryl methyl sites for hydroxylation is 4. The lowest BCUT2D eigenvalue weighted by Gasteiger charge is -2.07. The summed E-state index contributed by atoms with van der Waals surface area (Å²) in [6.45, 7) is 7.39. The number of nitrogens with zero attached hydrogens (tertiary/aromatic N) is 3. The zero-order chi connectivity index (χ0) is 20.2. The van der Waals surface area contributed by atoms with E-state index in [1.54, 1.807) is 0 Å². The number of hydrogen-bond donors (Lipinski definition) is 2. The minimum absolute atomic E-state index is 0.140. The van der Waals surface area contributed by atoms with Gasteiger partial charge in [0.15, 0.2) is 0 Å². The van der Waals surface area contributed by atoms with Crippen LogP contribution in [0.15, 0.2) is 21.2 Å². The fourth-order valence-electron chi connectivity index (χ4n) is 3.44. The molecule has 0 aliphatic rings. The Hall–Kier alpha value is -3.14. The number of sulfonamides is 1. The highest BCUT2D eigenvalue weighted by Crippen LogP contribution is 2.38. The van der Waals surface area contributed by atoms with Crippen molar-refractivity contribution in [2.75, 3.05) is 11.0 Å². The van der Waals surface area contributed by atoms with Crippen LogP contribution >= 0.6 is 0 Å². The molecule has 0 atom stereocenters. The van der Waals surface area contributed by atoms with Crippen molar-refractivity contribution in [3.05, 3.63) is 35.0 Å². The first-order valence-corrected chi connectivity index (χ1v) is 10.4. The smallest absolute Gasteiger partial charge is 0.232 e. The van der Waals surface area contributed by atoms with Crippen molar-refractivity contribution in [2.45, 2.75) is 27.7 Å².